The first-order valence-electron chi connectivity index (χ1n) is 13.6. The molecule has 200 valence electrons. The molecular formula is C29H33N9O. The van der Waals surface area contributed by atoms with Crippen LogP contribution in [0.4, 0.5) is 11.6 Å². The van der Waals surface area contributed by atoms with Crippen LogP contribution in [0.5, 0.6) is 5.75 Å². The van der Waals surface area contributed by atoms with Gasteiger partial charge in [0.25, 0.3) is 0 Å². The van der Waals surface area contributed by atoms with Crippen LogP contribution in [0.2, 0.25) is 0 Å². The van der Waals surface area contributed by atoms with Gasteiger partial charge in [-0.1, -0.05) is 12.1 Å². The Balaban J connectivity index is 1.47. The van der Waals surface area contributed by atoms with Crippen LogP contribution in [0, 0.1) is 0 Å². The van der Waals surface area contributed by atoms with Crippen molar-refractivity contribution in [3.63, 3.8) is 0 Å². The number of pyridine rings is 1. The Hall–Kier alpha value is -4.02. The van der Waals surface area contributed by atoms with E-state index in [0.29, 0.717) is 0 Å². The van der Waals surface area contributed by atoms with Gasteiger partial charge in [-0.05, 0) is 50.5 Å². The predicted octanol–water partition coefficient (Wildman–Crippen LogP) is 3.00. The molecule has 2 aliphatic heterocycles. The molecule has 3 aromatic heterocycles. The zero-order valence-corrected chi connectivity index (χ0v) is 22.7. The van der Waals surface area contributed by atoms with Crippen LogP contribution in [-0.4, -0.2) is 108 Å². The van der Waals surface area contributed by atoms with Crippen molar-refractivity contribution in [2.45, 2.75) is 0 Å². The van der Waals surface area contributed by atoms with Crippen molar-refractivity contribution >= 4 is 39.2 Å². The highest BCUT2D eigenvalue weighted by molar-refractivity contribution is 5.92. The minimum Gasteiger partial charge on any atom is -0.497 e. The predicted molar refractivity (Wildman–Crippen MR) is 155 cm³/mol. The monoisotopic (exact) mass is 523 g/mol. The Bertz CT molecular complexity index is 1670. The summed E-state index contributed by atoms with van der Waals surface area (Å²) in [6.07, 6.45) is 0. The highest BCUT2D eigenvalue weighted by atomic mass is 16.5. The molecule has 0 bridgehead atoms. The zero-order valence-electron chi connectivity index (χ0n) is 22.7. The first kappa shape index (κ1) is 24.1. The number of anilines is 2. The second kappa shape index (κ2) is 9.62. The number of methoxy groups -OCH3 is 1. The van der Waals surface area contributed by atoms with Crippen LogP contribution in [0.3, 0.4) is 0 Å². The second-order valence-electron chi connectivity index (χ2n) is 10.6. The molecule has 10 heteroatoms. The van der Waals surface area contributed by atoms with Gasteiger partial charge in [-0.2, -0.15) is 0 Å². The summed E-state index contributed by atoms with van der Waals surface area (Å²) in [5.74, 6) is 3.42. The third kappa shape index (κ3) is 4.20. The van der Waals surface area contributed by atoms with Crippen molar-refractivity contribution in [1.82, 2.24) is 34.4 Å². The summed E-state index contributed by atoms with van der Waals surface area (Å²) in [4.78, 5) is 19.7. The molecule has 0 radical (unpaired) electrons. The van der Waals surface area contributed by atoms with E-state index in [1.807, 2.05) is 30.3 Å². The van der Waals surface area contributed by atoms with Crippen LogP contribution < -0.4 is 14.5 Å². The number of likely N-dealkylation sites (N-methyl/N-ethyl adjacent to an activating group) is 2. The summed E-state index contributed by atoms with van der Waals surface area (Å²) in [7, 11) is 6.03. The van der Waals surface area contributed by atoms with Crippen LogP contribution in [0.25, 0.3) is 39.0 Å². The molecule has 10 nitrogen and oxygen atoms in total. The van der Waals surface area contributed by atoms with E-state index in [9.17, 15) is 0 Å². The number of fused-ring (bicyclic) bond motifs is 4. The maximum absolute atomic E-state index is 5.54. The molecular weight excluding hydrogens is 490 g/mol. The summed E-state index contributed by atoms with van der Waals surface area (Å²) in [6.45, 7) is 7.59. The van der Waals surface area contributed by atoms with Gasteiger partial charge < -0.3 is 24.3 Å². The topological polar surface area (TPSA) is 78.2 Å². The molecule has 7 rings (SSSR count). The molecule has 2 saturated heterocycles. The number of nitrogens with zero attached hydrogens (tertiary/aromatic N) is 9. The minimum absolute atomic E-state index is 0.781. The van der Waals surface area contributed by atoms with Crippen molar-refractivity contribution in [1.29, 1.82) is 0 Å². The van der Waals surface area contributed by atoms with E-state index in [2.05, 4.69) is 56.3 Å². The molecule has 2 fully saturated rings. The molecule has 0 unspecified atom stereocenters. The van der Waals surface area contributed by atoms with Gasteiger partial charge in [0.2, 0.25) is 5.65 Å². The third-order valence-electron chi connectivity index (χ3n) is 8.06. The Labute approximate surface area is 227 Å². The van der Waals surface area contributed by atoms with Crippen molar-refractivity contribution in [2.75, 3.05) is 83.4 Å². The smallest absolute Gasteiger partial charge is 0.204 e. The largest absolute Gasteiger partial charge is 0.497 e. The lowest BCUT2D eigenvalue weighted by atomic mass is 10.1. The average Bonchev–Trinajstić information content (AvgIpc) is 3.42. The quantitative estimate of drug-likeness (QED) is 0.353. The average molecular weight is 524 g/mol. The number of hydrogen-bond acceptors (Lipinski definition) is 9. The lowest BCUT2D eigenvalue weighted by Crippen LogP contribution is -2.45. The maximum atomic E-state index is 5.54. The molecule has 0 amide bonds. The summed E-state index contributed by atoms with van der Waals surface area (Å²) >= 11 is 0. The molecule has 5 heterocycles. The summed E-state index contributed by atoms with van der Waals surface area (Å²) in [5.41, 5.74) is 4.60. The van der Waals surface area contributed by atoms with Crippen LogP contribution in [0.15, 0.2) is 48.5 Å². The highest BCUT2D eigenvalue weighted by Crippen LogP contribution is 2.36. The van der Waals surface area contributed by atoms with Gasteiger partial charge in [-0.3, -0.25) is 4.40 Å². The molecule has 5 aromatic rings. The number of rotatable bonds is 4. The first-order chi connectivity index (χ1) is 19.1. The SMILES string of the molecule is COc1ccc2nc(N3CCN(C)CC3)c(-c3nnc4c(N5CCN(C)CC5)nc5ccccc5n34)cc2c1. The van der Waals surface area contributed by atoms with Crippen molar-refractivity contribution in [2.24, 2.45) is 0 Å². The van der Waals surface area contributed by atoms with E-state index in [-0.39, 0.29) is 0 Å². The Kier molecular flexibility index (Phi) is 5.93. The fraction of sp³-hybridized carbons (Fsp3) is 0.379. The summed E-state index contributed by atoms with van der Waals surface area (Å²) in [5, 5.41) is 10.6. The molecule has 39 heavy (non-hydrogen) atoms. The highest BCUT2D eigenvalue weighted by Gasteiger charge is 2.26. The van der Waals surface area contributed by atoms with Crippen LogP contribution in [0.1, 0.15) is 0 Å². The Morgan fingerprint density at radius 3 is 2.08 bits per heavy atom. The van der Waals surface area contributed by atoms with E-state index in [4.69, 9.17) is 24.9 Å². The Morgan fingerprint density at radius 2 is 1.36 bits per heavy atom. The molecule has 2 aromatic carbocycles. The van der Waals surface area contributed by atoms with Gasteiger partial charge in [-0.15, -0.1) is 10.2 Å². The van der Waals surface area contributed by atoms with E-state index >= 15 is 0 Å². The van der Waals surface area contributed by atoms with Crippen LogP contribution >= 0.6 is 0 Å². The number of hydrogen-bond donors (Lipinski definition) is 0. The molecule has 0 saturated carbocycles. The summed E-state index contributed by atoms with van der Waals surface area (Å²) < 4.78 is 7.71. The lowest BCUT2D eigenvalue weighted by molar-refractivity contribution is 0.312. The number of para-hydroxylation sites is 2. The fourth-order valence-corrected chi connectivity index (χ4v) is 5.67. The number of piperazine rings is 2. The standard InChI is InChI=1S/C29H33N9O/c1-34-10-14-36(15-11-34)26-22(19-20-18-21(39-3)8-9-23(20)30-26)27-32-33-29-28(37-16-12-35(2)13-17-37)31-24-6-4-5-7-25(24)38(27)29/h4-9,18-19H,10-17H2,1-3H3. The molecule has 2 aliphatic rings. The van der Waals surface area contributed by atoms with Crippen molar-refractivity contribution < 1.29 is 4.74 Å². The molecule has 0 aliphatic carbocycles. The van der Waals surface area contributed by atoms with Gasteiger partial charge in [0.15, 0.2) is 11.6 Å². The van der Waals surface area contributed by atoms with Crippen molar-refractivity contribution in [3.8, 4) is 17.1 Å². The van der Waals surface area contributed by atoms with E-state index < -0.39 is 0 Å². The normalized spacial score (nSPS) is 17.5. The first-order valence-corrected chi connectivity index (χ1v) is 13.6. The van der Waals surface area contributed by atoms with Gasteiger partial charge in [0.05, 0.1) is 29.2 Å². The number of ether oxygens (including phenoxy) is 1. The van der Waals surface area contributed by atoms with Gasteiger partial charge in [0.1, 0.15) is 11.6 Å². The van der Waals surface area contributed by atoms with Crippen molar-refractivity contribution in [3.05, 3.63) is 48.5 Å². The number of aromatic nitrogens is 5. The minimum atomic E-state index is 0.781. The van der Waals surface area contributed by atoms with Gasteiger partial charge in [-0.25, -0.2) is 9.97 Å². The van der Waals surface area contributed by atoms with E-state index in [1.54, 1.807) is 7.11 Å². The lowest BCUT2D eigenvalue weighted by Gasteiger charge is -2.34. The fourth-order valence-electron chi connectivity index (χ4n) is 5.67. The van der Waals surface area contributed by atoms with Crippen LogP contribution in [-0.2, 0) is 0 Å². The maximum Gasteiger partial charge on any atom is 0.204 e. The molecule has 0 N–H and O–H groups in total. The molecule has 0 spiro atoms. The molecule has 0 atom stereocenters. The Morgan fingerprint density at radius 1 is 0.692 bits per heavy atom. The van der Waals surface area contributed by atoms with E-state index in [1.165, 1.54) is 0 Å². The second-order valence-corrected chi connectivity index (χ2v) is 10.6. The zero-order chi connectivity index (χ0) is 26.5. The van der Waals surface area contributed by atoms with E-state index in [0.717, 1.165) is 109 Å². The number of benzene rings is 2. The van der Waals surface area contributed by atoms with Gasteiger partial charge in [0, 0.05) is 57.7 Å². The summed E-state index contributed by atoms with van der Waals surface area (Å²) in [6, 6.07) is 16.5. The third-order valence-corrected chi connectivity index (χ3v) is 8.06. The van der Waals surface area contributed by atoms with Gasteiger partial charge >= 0.3 is 0 Å².